The molecule has 0 aliphatic carbocycles. The maximum Gasteiger partial charge on any atom is 0.239 e. The van der Waals surface area contributed by atoms with Gasteiger partial charge in [0.15, 0.2) is 5.96 Å². The highest BCUT2D eigenvalue weighted by molar-refractivity contribution is 14.0. The maximum absolute atomic E-state index is 12.8. The molecule has 0 radical (unpaired) electrons. The number of likely N-dealkylation sites (tertiary alicyclic amines) is 1. The van der Waals surface area contributed by atoms with Gasteiger partial charge in [0.05, 0.1) is 20.3 Å². The highest BCUT2D eigenvalue weighted by Crippen LogP contribution is 2.24. The summed E-state index contributed by atoms with van der Waals surface area (Å²) in [6.45, 7) is 10.9. The Morgan fingerprint density at radius 3 is 2.36 bits per heavy atom. The Hall–Kier alpha value is -1.75. The molecule has 3 rings (SSSR count). The minimum Gasteiger partial charge on any atom is -0.497 e. The van der Waals surface area contributed by atoms with Gasteiger partial charge in [0.25, 0.3) is 0 Å². The topological polar surface area (TPSA) is 69.6 Å². The average Bonchev–Trinajstić information content (AvgIpc) is 3.37. The largest absolute Gasteiger partial charge is 0.497 e. The zero-order valence-corrected chi connectivity index (χ0v) is 22.8. The first-order valence-electron chi connectivity index (χ1n) is 11.8. The number of ether oxygens (including phenoxy) is 2. The molecule has 2 aliphatic rings. The van der Waals surface area contributed by atoms with Crippen molar-refractivity contribution in [2.24, 2.45) is 4.99 Å². The summed E-state index contributed by atoms with van der Waals surface area (Å²) in [7, 11) is 3.36. The standard InChI is InChI=1S/C24H39N5O3.HI/c1-5-25-24(26-11-10-20-18-21(31-3)8-9-22(20)32-4)29-16-14-27(15-17-29)19(2)23(30)28-12-6-7-13-28;/h8-9,18-19H,5-7,10-17H2,1-4H3,(H,25,26);1H. The average molecular weight is 574 g/mol. The Kier molecular flexibility index (Phi) is 11.5. The lowest BCUT2D eigenvalue weighted by atomic mass is 10.1. The zero-order chi connectivity index (χ0) is 22.9. The van der Waals surface area contributed by atoms with Crippen LogP contribution in [0.1, 0.15) is 32.3 Å². The van der Waals surface area contributed by atoms with Gasteiger partial charge in [0, 0.05) is 52.4 Å². The number of benzene rings is 1. The molecule has 0 saturated carbocycles. The molecule has 1 unspecified atom stereocenters. The number of piperazine rings is 1. The van der Waals surface area contributed by atoms with E-state index in [1.54, 1.807) is 14.2 Å². The number of carbonyl (C=O) groups excluding carboxylic acids is 1. The van der Waals surface area contributed by atoms with Crippen LogP contribution >= 0.6 is 24.0 Å². The lowest BCUT2D eigenvalue weighted by molar-refractivity contribution is -0.135. The van der Waals surface area contributed by atoms with Gasteiger partial charge in [-0.2, -0.15) is 0 Å². The molecule has 1 aromatic rings. The number of nitrogens with one attached hydrogen (secondary N) is 1. The molecule has 2 aliphatic heterocycles. The van der Waals surface area contributed by atoms with Gasteiger partial charge in [0.1, 0.15) is 11.5 Å². The van der Waals surface area contributed by atoms with Crippen LogP contribution in [-0.4, -0.2) is 99.2 Å². The van der Waals surface area contributed by atoms with Gasteiger partial charge in [-0.3, -0.25) is 14.7 Å². The Morgan fingerprint density at radius 2 is 1.76 bits per heavy atom. The fourth-order valence-corrected chi connectivity index (χ4v) is 4.46. The first-order chi connectivity index (χ1) is 15.6. The third-order valence-electron chi connectivity index (χ3n) is 6.40. The molecule has 1 amide bonds. The SMILES string of the molecule is CCNC(=NCCc1cc(OC)ccc1OC)N1CCN(C(C)C(=O)N2CCCC2)CC1.I. The van der Waals surface area contributed by atoms with Crippen molar-refractivity contribution in [1.29, 1.82) is 0 Å². The van der Waals surface area contributed by atoms with Crippen molar-refractivity contribution >= 4 is 35.8 Å². The highest BCUT2D eigenvalue weighted by atomic mass is 127. The van der Waals surface area contributed by atoms with Crippen molar-refractivity contribution < 1.29 is 14.3 Å². The van der Waals surface area contributed by atoms with E-state index in [-0.39, 0.29) is 35.9 Å². The van der Waals surface area contributed by atoms with Crippen LogP contribution < -0.4 is 14.8 Å². The minimum absolute atomic E-state index is 0. The molecule has 1 atom stereocenters. The number of guanidine groups is 1. The summed E-state index contributed by atoms with van der Waals surface area (Å²) < 4.78 is 10.8. The summed E-state index contributed by atoms with van der Waals surface area (Å²) in [4.78, 5) is 24.3. The monoisotopic (exact) mass is 573 g/mol. The van der Waals surface area contributed by atoms with E-state index in [2.05, 4.69) is 29.0 Å². The van der Waals surface area contributed by atoms with Crippen LogP contribution in [0.15, 0.2) is 23.2 Å². The molecule has 33 heavy (non-hydrogen) atoms. The summed E-state index contributed by atoms with van der Waals surface area (Å²) >= 11 is 0. The summed E-state index contributed by atoms with van der Waals surface area (Å²) in [6.07, 6.45) is 3.05. The lowest BCUT2D eigenvalue weighted by Gasteiger charge is -2.39. The Morgan fingerprint density at radius 1 is 1.06 bits per heavy atom. The van der Waals surface area contributed by atoms with Crippen LogP contribution in [-0.2, 0) is 11.2 Å². The molecule has 8 nitrogen and oxygen atoms in total. The van der Waals surface area contributed by atoms with Crippen LogP contribution in [0.3, 0.4) is 0 Å². The number of methoxy groups -OCH3 is 2. The van der Waals surface area contributed by atoms with Crippen LogP contribution in [0.4, 0.5) is 0 Å². The quantitative estimate of drug-likeness (QED) is 0.293. The summed E-state index contributed by atoms with van der Waals surface area (Å²) in [6, 6.07) is 5.81. The first-order valence-corrected chi connectivity index (χ1v) is 11.8. The van der Waals surface area contributed by atoms with E-state index in [4.69, 9.17) is 14.5 Å². The minimum atomic E-state index is -0.0460. The van der Waals surface area contributed by atoms with E-state index in [1.807, 2.05) is 23.1 Å². The second-order valence-electron chi connectivity index (χ2n) is 8.39. The second-order valence-corrected chi connectivity index (χ2v) is 8.39. The van der Waals surface area contributed by atoms with Crippen molar-refractivity contribution in [3.8, 4) is 11.5 Å². The third-order valence-corrected chi connectivity index (χ3v) is 6.40. The summed E-state index contributed by atoms with van der Waals surface area (Å²) in [5.74, 6) is 2.90. The second kappa shape index (κ2) is 13.8. The number of halogens is 1. The van der Waals surface area contributed by atoms with Gasteiger partial charge < -0.3 is 24.6 Å². The van der Waals surface area contributed by atoms with E-state index < -0.39 is 0 Å². The molecular weight excluding hydrogens is 533 g/mol. The van der Waals surface area contributed by atoms with Gasteiger partial charge in [-0.05, 0) is 56.9 Å². The van der Waals surface area contributed by atoms with E-state index in [0.717, 1.165) is 88.1 Å². The zero-order valence-electron chi connectivity index (χ0n) is 20.5. The molecule has 1 N–H and O–H groups in total. The Bertz CT molecular complexity index is 777. The molecule has 9 heteroatoms. The smallest absolute Gasteiger partial charge is 0.239 e. The number of aliphatic imine (C=N–C) groups is 1. The fraction of sp³-hybridized carbons (Fsp3) is 0.667. The normalized spacial score (nSPS) is 18.0. The van der Waals surface area contributed by atoms with Gasteiger partial charge in [0.2, 0.25) is 5.91 Å². The number of amides is 1. The van der Waals surface area contributed by atoms with Gasteiger partial charge in [-0.15, -0.1) is 24.0 Å². The molecular formula is C24H40IN5O3. The molecule has 186 valence electrons. The van der Waals surface area contributed by atoms with Gasteiger partial charge in [-0.1, -0.05) is 0 Å². The molecule has 1 aromatic carbocycles. The van der Waals surface area contributed by atoms with E-state index in [0.29, 0.717) is 6.54 Å². The van der Waals surface area contributed by atoms with Crippen LogP contribution in [0.5, 0.6) is 11.5 Å². The molecule has 0 aromatic heterocycles. The number of nitrogens with zero attached hydrogens (tertiary/aromatic N) is 4. The van der Waals surface area contributed by atoms with Crippen LogP contribution in [0.2, 0.25) is 0 Å². The Balaban J connectivity index is 0.00000385. The van der Waals surface area contributed by atoms with Crippen molar-refractivity contribution in [2.45, 2.75) is 39.2 Å². The Labute approximate surface area is 215 Å². The number of carbonyl (C=O) groups is 1. The summed E-state index contributed by atoms with van der Waals surface area (Å²) in [5, 5.41) is 3.43. The van der Waals surface area contributed by atoms with Crippen LogP contribution in [0.25, 0.3) is 0 Å². The predicted molar refractivity (Wildman–Crippen MR) is 143 cm³/mol. The highest BCUT2D eigenvalue weighted by Gasteiger charge is 2.30. The summed E-state index contributed by atoms with van der Waals surface area (Å²) in [5.41, 5.74) is 1.09. The van der Waals surface area contributed by atoms with Crippen molar-refractivity contribution in [3.05, 3.63) is 23.8 Å². The van der Waals surface area contributed by atoms with Gasteiger partial charge >= 0.3 is 0 Å². The number of hydrogen-bond acceptors (Lipinski definition) is 5. The maximum atomic E-state index is 12.8. The van der Waals surface area contributed by atoms with Crippen molar-refractivity contribution in [1.82, 2.24) is 20.0 Å². The predicted octanol–water partition coefficient (Wildman–Crippen LogP) is 2.46. The first kappa shape index (κ1) is 27.5. The molecule has 2 fully saturated rings. The lowest BCUT2D eigenvalue weighted by Crippen LogP contribution is -2.57. The molecule has 0 spiro atoms. The molecule has 2 saturated heterocycles. The van der Waals surface area contributed by atoms with E-state index in [1.165, 1.54) is 0 Å². The molecule has 2 heterocycles. The van der Waals surface area contributed by atoms with Crippen molar-refractivity contribution in [2.75, 3.05) is 66.6 Å². The van der Waals surface area contributed by atoms with E-state index in [9.17, 15) is 4.79 Å². The fourth-order valence-electron chi connectivity index (χ4n) is 4.46. The number of rotatable bonds is 8. The van der Waals surface area contributed by atoms with Crippen molar-refractivity contribution in [3.63, 3.8) is 0 Å². The number of hydrogen-bond donors (Lipinski definition) is 1. The van der Waals surface area contributed by atoms with Gasteiger partial charge in [-0.25, -0.2) is 0 Å². The third kappa shape index (κ3) is 7.37. The molecule has 0 bridgehead atoms. The van der Waals surface area contributed by atoms with Crippen LogP contribution in [0, 0.1) is 0 Å². The van der Waals surface area contributed by atoms with E-state index >= 15 is 0 Å².